The second-order valence-electron chi connectivity index (χ2n) is 6.85. The average Bonchev–Trinajstić information content (AvgIpc) is 3.07. The minimum Gasteiger partial charge on any atom is -0.360 e. The first-order valence-electron chi connectivity index (χ1n) is 7.81. The lowest BCUT2D eigenvalue weighted by Crippen LogP contribution is -2.36. The highest BCUT2D eigenvalue weighted by Gasteiger charge is 2.37. The number of rotatable bonds is 2. The Labute approximate surface area is 134 Å². The molecule has 0 spiro atoms. The lowest BCUT2D eigenvalue weighted by atomic mass is 9.92. The predicted octanol–water partition coefficient (Wildman–Crippen LogP) is 3.03. The topological polar surface area (TPSA) is 40.0 Å². The molecule has 4 rings (SSSR count). The van der Waals surface area contributed by atoms with Crippen molar-refractivity contribution in [3.05, 3.63) is 11.1 Å². The van der Waals surface area contributed by atoms with Crippen LogP contribution >= 0.6 is 23.5 Å². The van der Waals surface area contributed by atoms with Crippen LogP contribution in [0.25, 0.3) is 0 Å². The standard InChI is InChI=1S/C15H22N4S2/c1-15(2)9-19-10(8-21-14(19)18-15)7-20-13-16-11-5-3-4-6-12(11)17-13/h8,11-12H,3-7,9H2,1-2H3,(H,16,17). The van der Waals surface area contributed by atoms with Crippen LogP contribution in [0.2, 0.25) is 0 Å². The lowest BCUT2D eigenvalue weighted by molar-refractivity contribution is 0.385. The van der Waals surface area contributed by atoms with E-state index in [2.05, 4.69) is 29.5 Å². The number of aliphatic imine (C=N–C) groups is 2. The van der Waals surface area contributed by atoms with Crippen LogP contribution in [0.3, 0.4) is 0 Å². The molecule has 4 nitrogen and oxygen atoms in total. The summed E-state index contributed by atoms with van der Waals surface area (Å²) in [6.45, 7) is 5.42. The van der Waals surface area contributed by atoms with Crippen molar-refractivity contribution >= 4 is 33.9 Å². The van der Waals surface area contributed by atoms with Crippen molar-refractivity contribution < 1.29 is 0 Å². The average molecular weight is 323 g/mol. The number of hydrogen-bond acceptors (Lipinski definition) is 6. The van der Waals surface area contributed by atoms with E-state index in [-0.39, 0.29) is 5.54 Å². The van der Waals surface area contributed by atoms with Crippen molar-refractivity contribution in [3.8, 4) is 0 Å². The minimum atomic E-state index is 0.0601. The first-order chi connectivity index (χ1) is 10.1. The van der Waals surface area contributed by atoms with Gasteiger partial charge in [0.25, 0.3) is 0 Å². The minimum absolute atomic E-state index is 0.0601. The molecule has 1 saturated carbocycles. The van der Waals surface area contributed by atoms with Crippen molar-refractivity contribution in [3.63, 3.8) is 0 Å². The molecule has 2 atom stereocenters. The molecule has 0 aromatic rings. The van der Waals surface area contributed by atoms with Gasteiger partial charge in [0, 0.05) is 18.0 Å². The summed E-state index contributed by atoms with van der Waals surface area (Å²) < 4.78 is 0. The van der Waals surface area contributed by atoms with E-state index < -0.39 is 0 Å². The molecule has 0 aromatic heterocycles. The van der Waals surface area contributed by atoms with Gasteiger partial charge in [0.2, 0.25) is 0 Å². The largest absolute Gasteiger partial charge is 0.360 e. The Balaban J connectivity index is 1.35. The van der Waals surface area contributed by atoms with Crippen LogP contribution in [0, 0.1) is 0 Å². The molecule has 4 aliphatic rings. The number of nitrogens with zero attached hydrogens (tertiary/aromatic N) is 3. The smallest absolute Gasteiger partial charge is 0.168 e. The molecule has 114 valence electrons. The molecule has 3 aliphatic heterocycles. The maximum atomic E-state index is 4.87. The summed E-state index contributed by atoms with van der Waals surface area (Å²) in [6.07, 6.45) is 5.24. The molecule has 0 aromatic carbocycles. The van der Waals surface area contributed by atoms with Gasteiger partial charge in [-0.1, -0.05) is 36.4 Å². The molecule has 1 fully saturated rings. The Bertz CT molecular complexity index is 538. The molecule has 0 radical (unpaired) electrons. The van der Waals surface area contributed by atoms with E-state index in [1.807, 2.05) is 11.8 Å². The van der Waals surface area contributed by atoms with Crippen LogP contribution in [-0.2, 0) is 0 Å². The monoisotopic (exact) mass is 322 g/mol. The fraction of sp³-hybridized carbons (Fsp3) is 0.733. The van der Waals surface area contributed by atoms with E-state index in [0.717, 1.165) is 17.5 Å². The number of thioether (sulfide) groups is 2. The Hall–Kier alpha value is -0.620. The molecule has 0 saturated heterocycles. The number of fused-ring (bicyclic) bond motifs is 2. The van der Waals surface area contributed by atoms with Crippen LogP contribution < -0.4 is 5.32 Å². The van der Waals surface area contributed by atoms with Crippen molar-refractivity contribution in [2.45, 2.75) is 57.2 Å². The van der Waals surface area contributed by atoms with Crippen LogP contribution in [0.15, 0.2) is 21.1 Å². The first-order valence-corrected chi connectivity index (χ1v) is 9.67. The van der Waals surface area contributed by atoms with Gasteiger partial charge >= 0.3 is 0 Å². The summed E-state index contributed by atoms with van der Waals surface area (Å²) in [5.74, 6) is 0.993. The SMILES string of the molecule is CC1(C)CN2C(CSC3=NC4CCCCC4N3)=CSC2=N1. The lowest BCUT2D eigenvalue weighted by Gasteiger charge is -2.23. The summed E-state index contributed by atoms with van der Waals surface area (Å²) in [4.78, 5) is 12.0. The van der Waals surface area contributed by atoms with Gasteiger partial charge in [-0.3, -0.25) is 9.98 Å². The van der Waals surface area contributed by atoms with Gasteiger partial charge in [-0.25, -0.2) is 0 Å². The third kappa shape index (κ3) is 2.72. The van der Waals surface area contributed by atoms with E-state index in [9.17, 15) is 0 Å². The van der Waals surface area contributed by atoms with Gasteiger partial charge in [-0.2, -0.15) is 0 Å². The third-order valence-corrected chi connectivity index (χ3v) is 6.35. The molecule has 3 heterocycles. The van der Waals surface area contributed by atoms with Crippen molar-refractivity contribution in [2.24, 2.45) is 9.98 Å². The Kier molecular flexibility index (Phi) is 3.49. The second kappa shape index (κ2) is 5.23. The Morgan fingerprint density at radius 1 is 1.43 bits per heavy atom. The highest BCUT2D eigenvalue weighted by atomic mass is 32.2. The fourth-order valence-electron chi connectivity index (χ4n) is 3.42. The quantitative estimate of drug-likeness (QED) is 0.848. The maximum Gasteiger partial charge on any atom is 0.168 e. The summed E-state index contributed by atoms with van der Waals surface area (Å²) in [5, 5.41) is 8.20. The molecule has 2 unspecified atom stereocenters. The van der Waals surface area contributed by atoms with Crippen LogP contribution in [0.4, 0.5) is 0 Å². The zero-order valence-corrected chi connectivity index (χ0v) is 14.3. The van der Waals surface area contributed by atoms with Crippen LogP contribution in [-0.4, -0.2) is 45.2 Å². The third-order valence-electron chi connectivity index (χ3n) is 4.50. The molecular weight excluding hydrogens is 300 g/mol. The molecule has 21 heavy (non-hydrogen) atoms. The van der Waals surface area contributed by atoms with Gasteiger partial charge in [0.05, 0.1) is 17.6 Å². The maximum absolute atomic E-state index is 4.87. The summed E-state index contributed by atoms with van der Waals surface area (Å²) in [6, 6.07) is 1.15. The number of nitrogens with one attached hydrogen (secondary N) is 1. The van der Waals surface area contributed by atoms with Crippen LogP contribution in [0.5, 0.6) is 0 Å². The fourth-order valence-corrected chi connectivity index (χ4v) is 5.56. The molecule has 0 amide bonds. The zero-order valence-electron chi connectivity index (χ0n) is 12.6. The van der Waals surface area contributed by atoms with Gasteiger partial charge in [0.1, 0.15) is 0 Å². The molecule has 1 N–H and O–H groups in total. The van der Waals surface area contributed by atoms with Crippen molar-refractivity contribution in [1.82, 2.24) is 10.2 Å². The van der Waals surface area contributed by atoms with Crippen molar-refractivity contribution in [2.75, 3.05) is 12.3 Å². The number of amidine groups is 2. The Morgan fingerprint density at radius 2 is 2.29 bits per heavy atom. The van der Waals surface area contributed by atoms with E-state index >= 15 is 0 Å². The molecule has 0 bridgehead atoms. The van der Waals surface area contributed by atoms with Gasteiger partial charge < -0.3 is 10.2 Å². The number of hydrogen-bond donors (Lipinski definition) is 1. The van der Waals surface area contributed by atoms with Gasteiger partial charge in [-0.05, 0) is 32.1 Å². The summed E-state index contributed by atoms with van der Waals surface area (Å²) in [5.41, 5.74) is 1.44. The highest BCUT2D eigenvalue weighted by molar-refractivity contribution is 8.17. The zero-order chi connectivity index (χ0) is 14.4. The second-order valence-corrected chi connectivity index (χ2v) is 8.65. The van der Waals surface area contributed by atoms with Gasteiger partial charge in [-0.15, -0.1) is 0 Å². The highest BCUT2D eigenvalue weighted by Crippen LogP contribution is 2.37. The van der Waals surface area contributed by atoms with E-state index in [4.69, 9.17) is 9.98 Å². The van der Waals surface area contributed by atoms with E-state index in [0.29, 0.717) is 12.1 Å². The predicted molar refractivity (Wildman–Crippen MR) is 93.0 cm³/mol. The van der Waals surface area contributed by atoms with Crippen molar-refractivity contribution in [1.29, 1.82) is 0 Å². The summed E-state index contributed by atoms with van der Waals surface area (Å²) in [7, 11) is 0. The molecule has 1 aliphatic carbocycles. The van der Waals surface area contributed by atoms with Gasteiger partial charge in [0.15, 0.2) is 10.3 Å². The van der Waals surface area contributed by atoms with E-state index in [1.54, 1.807) is 11.8 Å². The molecular formula is C15H22N4S2. The first kappa shape index (κ1) is 14.0. The normalized spacial score (nSPS) is 33.0. The Morgan fingerprint density at radius 3 is 3.14 bits per heavy atom. The molecule has 6 heteroatoms. The van der Waals surface area contributed by atoms with Crippen LogP contribution in [0.1, 0.15) is 39.5 Å². The summed E-state index contributed by atoms with van der Waals surface area (Å²) >= 11 is 3.62. The van der Waals surface area contributed by atoms with E-state index in [1.165, 1.54) is 36.5 Å².